The summed E-state index contributed by atoms with van der Waals surface area (Å²) >= 11 is 1.45. The minimum absolute atomic E-state index is 0.0672. The molecule has 1 atom stereocenters. The zero-order valence-corrected chi connectivity index (χ0v) is 8.75. The number of nitrogens with zero attached hydrogens (tertiary/aromatic N) is 2. The molecule has 1 fully saturated rings. The average molecular weight is 222 g/mol. The molecule has 15 heavy (non-hydrogen) atoms. The predicted octanol–water partition coefficient (Wildman–Crippen LogP) is 0.422. The van der Waals surface area contributed by atoms with Gasteiger partial charge in [0.15, 0.2) is 12.0 Å². The molecule has 1 aromatic rings. The van der Waals surface area contributed by atoms with Crippen molar-refractivity contribution in [3.05, 3.63) is 16.6 Å². The number of carbonyl (C=O) groups is 1. The Morgan fingerprint density at radius 2 is 2.40 bits per heavy atom. The molecule has 0 spiro atoms. The summed E-state index contributed by atoms with van der Waals surface area (Å²) < 4.78 is 0. The molecule has 1 saturated carbocycles. The summed E-state index contributed by atoms with van der Waals surface area (Å²) in [4.78, 5) is 20.7. The lowest BCUT2D eigenvalue weighted by Crippen LogP contribution is -2.37. The van der Waals surface area contributed by atoms with E-state index in [2.05, 4.69) is 20.6 Å². The molecule has 5 nitrogen and oxygen atoms in total. The van der Waals surface area contributed by atoms with Gasteiger partial charge in [0.05, 0.1) is 10.4 Å². The molecule has 2 aliphatic rings. The molecule has 0 radical (unpaired) electrons. The highest BCUT2D eigenvalue weighted by atomic mass is 32.1. The normalized spacial score (nSPS) is 24.9. The van der Waals surface area contributed by atoms with Gasteiger partial charge in [-0.1, -0.05) is 0 Å². The average Bonchev–Trinajstić information content (AvgIpc) is 2.76. The second kappa shape index (κ2) is 3.30. The van der Waals surface area contributed by atoms with Gasteiger partial charge in [-0.3, -0.25) is 15.1 Å². The predicted molar refractivity (Wildman–Crippen MR) is 56.6 cm³/mol. The van der Waals surface area contributed by atoms with Gasteiger partial charge in [0.1, 0.15) is 0 Å². The molecule has 0 saturated heterocycles. The Labute approximate surface area is 90.6 Å². The topological polar surface area (TPSA) is 66.4 Å². The minimum Gasteiger partial charge on any atom is -0.353 e. The van der Waals surface area contributed by atoms with Crippen LogP contribution in [0.4, 0.5) is 0 Å². The van der Waals surface area contributed by atoms with E-state index in [1.54, 1.807) is 11.7 Å². The van der Waals surface area contributed by atoms with Crippen LogP contribution in [0, 0.1) is 0 Å². The Morgan fingerprint density at radius 1 is 1.53 bits per heavy atom. The number of hydrogen-bond acceptors (Lipinski definition) is 5. The van der Waals surface area contributed by atoms with E-state index < -0.39 is 6.04 Å². The second-order valence-corrected chi connectivity index (χ2v) is 4.61. The molecule has 1 aliphatic heterocycles. The Balaban J connectivity index is 1.78. The fourth-order valence-corrected chi connectivity index (χ4v) is 2.11. The van der Waals surface area contributed by atoms with Crippen molar-refractivity contribution in [3.63, 3.8) is 0 Å². The zero-order valence-electron chi connectivity index (χ0n) is 7.93. The van der Waals surface area contributed by atoms with Crippen molar-refractivity contribution in [1.82, 2.24) is 15.6 Å². The van der Waals surface area contributed by atoms with Gasteiger partial charge in [0, 0.05) is 12.2 Å². The highest BCUT2D eigenvalue weighted by Gasteiger charge is 2.31. The fraction of sp³-hybridized carbons (Fsp3) is 0.444. The van der Waals surface area contributed by atoms with Crippen molar-refractivity contribution in [1.29, 1.82) is 0 Å². The molecular formula is C9H10N4OS. The van der Waals surface area contributed by atoms with E-state index in [4.69, 9.17) is 0 Å². The van der Waals surface area contributed by atoms with E-state index in [0.717, 1.165) is 4.88 Å². The van der Waals surface area contributed by atoms with Crippen LogP contribution in [0.2, 0.25) is 0 Å². The van der Waals surface area contributed by atoms with E-state index in [1.165, 1.54) is 24.2 Å². The molecule has 0 aromatic carbocycles. The smallest absolute Gasteiger partial charge is 0.257 e. The summed E-state index contributed by atoms with van der Waals surface area (Å²) in [5.41, 5.74) is 1.71. The Hall–Kier alpha value is -1.43. The third-order valence-corrected chi connectivity index (χ3v) is 3.22. The van der Waals surface area contributed by atoms with Crippen LogP contribution < -0.4 is 10.6 Å². The molecular weight excluding hydrogens is 212 g/mol. The maximum Gasteiger partial charge on any atom is 0.257 e. The van der Waals surface area contributed by atoms with E-state index >= 15 is 0 Å². The lowest BCUT2D eigenvalue weighted by Gasteiger charge is -2.00. The highest BCUT2D eigenvalue weighted by Crippen LogP contribution is 2.25. The maximum absolute atomic E-state index is 11.6. The third-order valence-electron chi connectivity index (χ3n) is 2.39. The van der Waals surface area contributed by atoms with Gasteiger partial charge in [-0.05, 0) is 12.8 Å². The van der Waals surface area contributed by atoms with E-state index in [-0.39, 0.29) is 5.91 Å². The summed E-state index contributed by atoms with van der Waals surface area (Å²) in [6, 6.07) is 0.100. The van der Waals surface area contributed by atoms with E-state index in [0.29, 0.717) is 12.0 Å². The van der Waals surface area contributed by atoms with Crippen molar-refractivity contribution in [2.75, 3.05) is 0 Å². The first-order valence-corrected chi connectivity index (χ1v) is 5.74. The van der Waals surface area contributed by atoms with Crippen LogP contribution in [0.1, 0.15) is 23.8 Å². The molecule has 6 heteroatoms. The Kier molecular flexibility index (Phi) is 1.95. The number of aromatic nitrogens is 1. The maximum atomic E-state index is 11.6. The van der Waals surface area contributed by atoms with Gasteiger partial charge in [-0.2, -0.15) is 0 Å². The number of carbonyl (C=O) groups excluding carboxylic acids is 1. The van der Waals surface area contributed by atoms with Crippen molar-refractivity contribution in [2.45, 2.75) is 24.9 Å². The van der Waals surface area contributed by atoms with Crippen molar-refractivity contribution < 1.29 is 4.79 Å². The summed E-state index contributed by atoms with van der Waals surface area (Å²) in [5, 5.41) is 5.92. The van der Waals surface area contributed by atoms with E-state index in [9.17, 15) is 4.79 Å². The highest BCUT2D eigenvalue weighted by molar-refractivity contribution is 7.09. The Morgan fingerprint density at radius 3 is 3.07 bits per heavy atom. The van der Waals surface area contributed by atoms with E-state index in [1.807, 2.05) is 0 Å². The molecule has 1 unspecified atom stereocenters. The molecule has 1 amide bonds. The SMILES string of the molecule is O=C1NC(NC2CC2)=NC1c1cncs1. The number of guanidine groups is 1. The van der Waals surface area contributed by atoms with Crippen LogP contribution in [0.3, 0.4) is 0 Å². The van der Waals surface area contributed by atoms with Crippen LogP contribution in [0.15, 0.2) is 16.7 Å². The first-order chi connectivity index (χ1) is 7.33. The molecule has 1 aliphatic carbocycles. The van der Waals surface area contributed by atoms with Crippen molar-refractivity contribution in [2.24, 2.45) is 4.99 Å². The molecule has 2 heterocycles. The lowest BCUT2D eigenvalue weighted by atomic mass is 10.3. The fourth-order valence-electron chi connectivity index (χ4n) is 1.45. The van der Waals surface area contributed by atoms with Crippen molar-refractivity contribution >= 4 is 23.2 Å². The van der Waals surface area contributed by atoms with Crippen molar-refractivity contribution in [3.8, 4) is 0 Å². The quantitative estimate of drug-likeness (QED) is 0.762. The lowest BCUT2D eigenvalue weighted by molar-refractivity contribution is -0.120. The second-order valence-electron chi connectivity index (χ2n) is 3.69. The van der Waals surface area contributed by atoms with Gasteiger partial charge < -0.3 is 5.32 Å². The Bertz CT molecular complexity index is 410. The zero-order chi connectivity index (χ0) is 10.3. The third kappa shape index (κ3) is 1.72. The number of nitrogens with one attached hydrogen (secondary N) is 2. The minimum atomic E-state index is -0.404. The number of thiazole rings is 1. The number of rotatable bonds is 2. The number of hydrogen-bond donors (Lipinski definition) is 2. The van der Waals surface area contributed by atoms with Gasteiger partial charge >= 0.3 is 0 Å². The standard InChI is InChI=1S/C9H10N4OS/c14-8-7(6-3-10-4-15-6)12-9(13-8)11-5-1-2-5/h3-5,7H,1-2H2,(H2,11,12,13,14). The summed E-state index contributed by atoms with van der Waals surface area (Å²) in [5.74, 6) is 0.545. The van der Waals surface area contributed by atoms with Crippen LogP contribution in [0.5, 0.6) is 0 Å². The molecule has 1 aromatic heterocycles. The first kappa shape index (κ1) is 8.84. The number of aliphatic imine (C=N–C) groups is 1. The summed E-state index contributed by atoms with van der Waals surface area (Å²) in [6.07, 6.45) is 4.03. The first-order valence-electron chi connectivity index (χ1n) is 4.86. The van der Waals surface area contributed by atoms with Crippen LogP contribution in [-0.4, -0.2) is 22.9 Å². The van der Waals surface area contributed by atoms with Gasteiger partial charge in [0.25, 0.3) is 5.91 Å². The number of amides is 1. The monoisotopic (exact) mass is 222 g/mol. The van der Waals surface area contributed by atoms with Crippen LogP contribution >= 0.6 is 11.3 Å². The largest absolute Gasteiger partial charge is 0.353 e. The van der Waals surface area contributed by atoms with Gasteiger partial charge in [-0.15, -0.1) is 11.3 Å². The van der Waals surface area contributed by atoms with Crippen LogP contribution in [0.25, 0.3) is 0 Å². The molecule has 78 valence electrons. The molecule has 0 bridgehead atoms. The summed E-state index contributed by atoms with van der Waals surface area (Å²) in [7, 11) is 0. The van der Waals surface area contributed by atoms with Gasteiger partial charge in [0.2, 0.25) is 0 Å². The van der Waals surface area contributed by atoms with Gasteiger partial charge in [-0.25, -0.2) is 4.99 Å². The summed E-state index contributed by atoms with van der Waals surface area (Å²) in [6.45, 7) is 0. The van der Waals surface area contributed by atoms with Crippen LogP contribution in [-0.2, 0) is 4.79 Å². The molecule has 3 rings (SSSR count). The molecule has 2 N–H and O–H groups in total.